The van der Waals surface area contributed by atoms with Crippen LogP contribution in [0, 0.1) is 12.7 Å². The van der Waals surface area contributed by atoms with Gasteiger partial charge in [-0.25, -0.2) is 14.2 Å². The molecule has 1 amide bonds. The molecule has 2 aromatic rings. The second-order valence-electron chi connectivity index (χ2n) is 4.97. The number of amides is 1. The summed E-state index contributed by atoms with van der Waals surface area (Å²) < 4.78 is 18.9. The van der Waals surface area contributed by atoms with E-state index in [0.29, 0.717) is 21.3 Å². The summed E-state index contributed by atoms with van der Waals surface area (Å²) in [6.45, 7) is 3.76. The number of benzene rings is 1. The highest BCUT2D eigenvalue weighted by atomic mass is 79.9. The van der Waals surface area contributed by atoms with Gasteiger partial charge in [0.1, 0.15) is 11.5 Å². The summed E-state index contributed by atoms with van der Waals surface area (Å²) >= 11 is 3.30. The lowest BCUT2D eigenvalue weighted by Gasteiger charge is -2.09. The van der Waals surface area contributed by atoms with E-state index >= 15 is 0 Å². The van der Waals surface area contributed by atoms with Crippen LogP contribution in [-0.2, 0) is 11.3 Å². The van der Waals surface area contributed by atoms with E-state index in [0.717, 1.165) is 0 Å². The van der Waals surface area contributed by atoms with E-state index < -0.39 is 11.9 Å². The van der Waals surface area contributed by atoms with Crippen molar-refractivity contribution in [3.05, 3.63) is 63.1 Å². The molecule has 0 aliphatic heterocycles. The van der Waals surface area contributed by atoms with Gasteiger partial charge in [0.25, 0.3) is 5.91 Å². The highest BCUT2D eigenvalue weighted by molar-refractivity contribution is 9.10. The molecule has 1 heterocycles. The van der Waals surface area contributed by atoms with Crippen LogP contribution in [0.15, 0.2) is 34.8 Å². The van der Waals surface area contributed by atoms with E-state index in [4.69, 9.17) is 4.74 Å². The predicted octanol–water partition coefficient (Wildman–Crippen LogP) is 3.40. The Hall–Kier alpha value is -2.28. The third-order valence-electron chi connectivity index (χ3n) is 3.26. The average Bonchev–Trinajstić information content (AvgIpc) is 2.55. The lowest BCUT2D eigenvalue weighted by molar-refractivity contribution is 0.0524. The number of pyridine rings is 1. The number of aryl methyl sites for hydroxylation is 1. The Morgan fingerprint density at radius 1 is 1.29 bits per heavy atom. The maximum atomic E-state index is 13.2. The number of halogens is 2. The number of carbonyl (C=O) groups excluding carboxylic acids is 2. The second-order valence-corrected chi connectivity index (χ2v) is 5.82. The lowest BCUT2D eigenvalue weighted by Crippen LogP contribution is -2.24. The van der Waals surface area contributed by atoms with Crippen molar-refractivity contribution >= 4 is 27.8 Å². The number of nitrogens with one attached hydrogen (secondary N) is 1. The molecule has 0 radical (unpaired) electrons. The fourth-order valence-electron chi connectivity index (χ4n) is 2.06. The molecular formula is C17H16BrFN2O3. The van der Waals surface area contributed by atoms with Crippen LogP contribution in [0.2, 0.25) is 0 Å². The summed E-state index contributed by atoms with van der Waals surface area (Å²) in [4.78, 5) is 28.0. The fourth-order valence-corrected chi connectivity index (χ4v) is 2.44. The van der Waals surface area contributed by atoms with Crippen LogP contribution in [0.1, 0.15) is 39.0 Å². The zero-order valence-corrected chi connectivity index (χ0v) is 14.8. The highest BCUT2D eigenvalue weighted by Gasteiger charge is 2.15. The Labute approximate surface area is 147 Å². The molecule has 0 atom stereocenters. The second kappa shape index (κ2) is 8.01. The molecule has 0 fully saturated rings. The Morgan fingerprint density at radius 3 is 2.71 bits per heavy atom. The minimum Gasteiger partial charge on any atom is -0.462 e. The van der Waals surface area contributed by atoms with Crippen LogP contribution >= 0.6 is 15.9 Å². The molecule has 0 unspecified atom stereocenters. The van der Waals surface area contributed by atoms with Gasteiger partial charge in [0.2, 0.25) is 0 Å². The summed E-state index contributed by atoms with van der Waals surface area (Å²) in [6, 6.07) is 7.21. The minimum atomic E-state index is -0.474. The van der Waals surface area contributed by atoms with Gasteiger partial charge in [-0.05, 0) is 49.7 Å². The number of carbonyl (C=O) groups is 2. The largest absolute Gasteiger partial charge is 0.462 e. The third kappa shape index (κ3) is 4.38. The molecule has 1 aromatic carbocycles. The standard InChI is InChI=1S/C17H16BrFN2O3/c1-3-24-17(23)13-5-7-15(21-10(13)2)16(22)20-9-11-8-12(19)4-6-14(11)18/h4-8H,3,9H2,1-2H3,(H,20,22). The van der Waals surface area contributed by atoms with Crippen molar-refractivity contribution in [3.8, 4) is 0 Å². The molecule has 126 valence electrons. The smallest absolute Gasteiger partial charge is 0.339 e. The van der Waals surface area contributed by atoms with Gasteiger partial charge >= 0.3 is 5.97 Å². The van der Waals surface area contributed by atoms with Crippen molar-refractivity contribution in [1.29, 1.82) is 0 Å². The van der Waals surface area contributed by atoms with Crippen LogP contribution in [0.25, 0.3) is 0 Å². The van der Waals surface area contributed by atoms with E-state index in [9.17, 15) is 14.0 Å². The predicted molar refractivity (Wildman–Crippen MR) is 90.2 cm³/mol. The van der Waals surface area contributed by atoms with Gasteiger partial charge in [0.15, 0.2) is 0 Å². The monoisotopic (exact) mass is 394 g/mol. The van der Waals surface area contributed by atoms with Gasteiger partial charge in [0, 0.05) is 11.0 Å². The van der Waals surface area contributed by atoms with Crippen LogP contribution in [0.3, 0.4) is 0 Å². The van der Waals surface area contributed by atoms with Gasteiger partial charge in [0.05, 0.1) is 17.9 Å². The molecule has 0 bridgehead atoms. The number of hydrogen-bond acceptors (Lipinski definition) is 4. The van der Waals surface area contributed by atoms with E-state index in [-0.39, 0.29) is 24.7 Å². The number of esters is 1. The van der Waals surface area contributed by atoms with Crippen LogP contribution < -0.4 is 5.32 Å². The summed E-state index contributed by atoms with van der Waals surface area (Å²) in [5.74, 6) is -1.27. The highest BCUT2D eigenvalue weighted by Crippen LogP contribution is 2.17. The quantitative estimate of drug-likeness (QED) is 0.789. The average molecular weight is 395 g/mol. The SMILES string of the molecule is CCOC(=O)c1ccc(C(=O)NCc2cc(F)ccc2Br)nc1C. The van der Waals surface area contributed by atoms with Crippen molar-refractivity contribution in [2.45, 2.75) is 20.4 Å². The normalized spacial score (nSPS) is 10.3. The van der Waals surface area contributed by atoms with Gasteiger partial charge in [-0.3, -0.25) is 4.79 Å². The molecule has 0 aliphatic carbocycles. The van der Waals surface area contributed by atoms with Crippen molar-refractivity contribution in [1.82, 2.24) is 10.3 Å². The van der Waals surface area contributed by atoms with Crippen LogP contribution in [-0.4, -0.2) is 23.5 Å². The molecule has 1 aromatic heterocycles. The number of rotatable bonds is 5. The summed E-state index contributed by atoms with van der Waals surface area (Å²) in [7, 11) is 0. The van der Waals surface area contributed by atoms with Gasteiger partial charge in [-0.1, -0.05) is 15.9 Å². The first-order valence-electron chi connectivity index (χ1n) is 7.29. The van der Waals surface area contributed by atoms with Crippen molar-refractivity contribution in [2.24, 2.45) is 0 Å². The van der Waals surface area contributed by atoms with E-state index in [1.807, 2.05) is 0 Å². The molecule has 0 saturated carbocycles. The molecule has 24 heavy (non-hydrogen) atoms. The Kier molecular flexibility index (Phi) is 6.03. The first kappa shape index (κ1) is 18.1. The van der Waals surface area contributed by atoms with Crippen LogP contribution in [0.4, 0.5) is 4.39 Å². The molecule has 2 rings (SSSR count). The molecule has 7 heteroatoms. The summed E-state index contributed by atoms with van der Waals surface area (Å²) in [5.41, 5.74) is 1.52. The maximum absolute atomic E-state index is 13.2. The lowest BCUT2D eigenvalue weighted by atomic mass is 10.1. The summed E-state index contributed by atoms with van der Waals surface area (Å²) in [6.07, 6.45) is 0. The Bertz CT molecular complexity index is 780. The Balaban J connectivity index is 2.09. The number of aromatic nitrogens is 1. The minimum absolute atomic E-state index is 0.150. The van der Waals surface area contributed by atoms with Crippen molar-refractivity contribution in [3.63, 3.8) is 0 Å². The molecule has 5 nitrogen and oxygen atoms in total. The number of hydrogen-bond donors (Lipinski definition) is 1. The molecular weight excluding hydrogens is 379 g/mol. The third-order valence-corrected chi connectivity index (χ3v) is 4.03. The van der Waals surface area contributed by atoms with Gasteiger partial charge in [-0.15, -0.1) is 0 Å². The Morgan fingerprint density at radius 2 is 2.04 bits per heavy atom. The molecule has 1 N–H and O–H groups in total. The molecule has 0 saturated heterocycles. The fraction of sp³-hybridized carbons (Fsp3) is 0.235. The molecule has 0 aliphatic rings. The topological polar surface area (TPSA) is 68.3 Å². The molecule has 0 spiro atoms. The summed E-state index contributed by atoms with van der Waals surface area (Å²) in [5, 5.41) is 2.67. The van der Waals surface area contributed by atoms with E-state index in [2.05, 4.69) is 26.2 Å². The maximum Gasteiger partial charge on any atom is 0.339 e. The first-order chi connectivity index (χ1) is 11.4. The first-order valence-corrected chi connectivity index (χ1v) is 8.08. The van der Waals surface area contributed by atoms with Crippen LogP contribution in [0.5, 0.6) is 0 Å². The zero-order valence-electron chi connectivity index (χ0n) is 13.2. The number of nitrogens with zero attached hydrogens (tertiary/aromatic N) is 1. The van der Waals surface area contributed by atoms with Crippen molar-refractivity contribution in [2.75, 3.05) is 6.61 Å². The van der Waals surface area contributed by atoms with Gasteiger partial charge in [-0.2, -0.15) is 0 Å². The van der Waals surface area contributed by atoms with E-state index in [1.54, 1.807) is 19.9 Å². The van der Waals surface area contributed by atoms with E-state index in [1.165, 1.54) is 24.3 Å². The number of ether oxygens (including phenoxy) is 1. The zero-order chi connectivity index (χ0) is 17.7. The van der Waals surface area contributed by atoms with Gasteiger partial charge < -0.3 is 10.1 Å². The van der Waals surface area contributed by atoms with Crippen molar-refractivity contribution < 1.29 is 18.7 Å².